The van der Waals surface area contributed by atoms with Gasteiger partial charge >= 0.3 is 0 Å². The van der Waals surface area contributed by atoms with Crippen molar-refractivity contribution in [3.8, 4) is 0 Å². The van der Waals surface area contributed by atoms with E-state index in [2.05, 4.69) is 25.5 Å². The van der Waals surface area contributed by atoms with Gasteiger partial charge in [-0.2, -0.15) is 0 Å². The summed E-state index contributed by atoms with van der Waals surface area (Å²) in [5.41, 5.74) is 9.64. The number of nitrogens with zero attached hydrogens (tertiary/aromatic N) is 7. The van der Waals surface area contributed by atoms with Crippen LogP contribution < -0.4 is 15.5 Å². The highest BCUT2D eigenvalue weighted by Crippen LogP contribution is 2.33. The Kier molecular flexibility index (Phi) is 5.23. The molecular weight excluding hydrogens is 392 g/mol. The van der Waals surface area contributed by atoms with Gasteiger partial charge in [-0.25, -0.2) is 0 Å². The standard InChI is InChI=1S/C19H22N8O.ClH/c20-15-4-1-5-16-14(15)3-2-10-26(16)19(28)13-8-11-25(12-9-13)18-7-6-17-21-23-24-27(17)22-18;/h1,4-7,13H,2-3,8-12,20H2;1H. The summed E-state index contributed by atoms with van der Waals surface area (Å²) in [7, 11) is 0. The predicted octanol–water partition coefficient (Wildman–Crippen LogP) is 1.72. The molecule has 5 rings (SSSR count). The Hall–Kier alpha value is -2.94. The Morgan fingerprint density at radius 3 is 2.76 bits per heavy atom. The summed E-state index contributed by atoms with van der Waals surface area (Å²) in [6.07, 6.45) is 3.52. The first-order valence-corrected chi connectivity index (χ1v) is 9.70. The summed E-state index contributed by atoms with van der Waals surface area (Å²) in [4.78, 5) is 17.4. The van der Waals surface area contributed by atoms with Crippen LogP contribution in [0.25, 0.3) is 5.65 Å². The van der Waals surface area contributed by atoms with Crippen LogP contribution in [0, 0.1) is 5.92 Å². The molecule has 2 aliphatic heterocycles. The van der Waals surface area contributed by atoms with Crippen molar-refractivity contribution in [3.05, 3.63) is 35.9 Å². The fraction of sp³-hybridized carbons (Fsp3) is 0.421. The molecule has 0 unspecified atom stereocenters. The number of aromatic nitrogens is 5. The molecule has 10 heteroatoms. The van der Waals surface area contributed by atoms with Crippen LogP contribution in [0.3, 0.4) is 0 Å². The Morgan fingerprint density at radius 1 is 1.10 bits per heavy atom. The van der Waals surface area contributed by atoms with E-state index >= 15 is 0 Å². The van der Waals surface area contributed by atoms with Crippen LogP contribution >= 0.6 is 12.4 Å². The van der Waals surface area contributed by atoms with Crippen LogP contribution in [0.5, 0.6) is 0 Å². The lowest BCUT2D eigenvalue weighted by atomic mass is 9.92. The molecule has 2 N–H and O–H groups in total. The molecule has 2 aromatic heterocycles. The fourth-order valence-corrected chi connectivity index (χ4v) is 4.27. The monoisotopic (exact) mass is 414 g/mol. The van der Waals surface area contributed by atoms with Crippen LogP contribution in [0.2, 0.25) is 0 Å². The average Bonchev–Trinajstić information content (AvgIpc) is 3.21. The zero-order valence-electron chi connectivity index (χ0n) is 15.9. The number of amides is 1. The number of carbonyl (C=O) groups excluding carboxylic acids is 1. The molecule has 0 bridgehead atoms. The molecule has 0 radical (unpaired) electrons. The maximum Gasteiger partial charge on any atom is 0.230 e. The first-order chi connectivity index (χ1) is 13.7. The minimum Gasteiger partial charge on any atom is -0.398 e. The van der Waals surface area contributed by atoms with Crippen LogP contribution in [0.4, 0.5) is 17.2 Å². The Balaban J connectivity index is 0.00000205. The summed E-state index contributed by atoms with van der Waals surface area (Å²) in [6, 6.07) is 9.65. The van der Waals surface area contributed by atoms with E-state index in [1.807, 2.05) is 35.2 Å². The van der Waals surface area contributed by atoms with E-state index in [4.69, 9.17) is 5.73 Å². The van der Waals surface area contributed by atoms with Gasteiger partial charge in [-0.15, -0.1) is 27.2 Å². The van der Waals surface area contributed by atoms with Crippen LogP contribution in [0.1, 0.15) is 24.8 Å². The molecule has 29 heavy (non-hydrogen) atoms. The number of benzene rings is 1. The van der Waals surface area contributed by atoms with Crippen LogP contribution in [-0.4, -0.2) is 50.8 Å². The van der Waals surface area contributed by atoms with Crippen molar-refractivity contribution >= 4 is 41.2 Å². The van der Waals surface area contributed by atoms with Crippen LogP contribution in [0.15, 0.2) is 30.3 Å². The molecule has 0 atom stereocenters. The third-order valence-electron chi connectivity index (χ3n) is 5.78. The first kappa shape index (κ1) is 19.4. The molecule has 0 aliphatic carbocycles. The molecule has 3 aromatic rings. The van der Waals surface area contributed by atoms with Gasteiger partial charge in [0.1, 0.15) is 0 Å². The lowest BCUT2D eigenvalue weighted by Gasteiger charge is -2.37. The molecule has 1 saturated heterocycles. The maximum absolute atomic E-state index is 13.2. The number of fused-ring (bicyclic) bond motifs is 2. The summed E-state index contributed by atoms with van der Waals surface area (Å²) in [5, 5.41) is 15.8. The highest BCUT2D eigenvalue weighted by atomic mass is 35.5. The van der Waals surface area contributed by atoms with E-state index in [9.17, 15) is 4.79 Å². The number of piperidine rings is 1. The van der Waals surface area contributed by atoms with Crippen molar-refractivity contribution in [1.29, 1.82) is 0 Å². The van der Waals surface area contributed by atoms with Gasteiger partial charge in [-0.1, -0.05) is 6.07 Å². The van der Waals surface area contributed by atoms with Crippen molar-refractivity contribution in [3.63, 3.8) is 0 Å². The summed E-state index contributed by atoms with van der Waals surface area (Å²) in [5.74, 6) is 1.08. The van der Waals surface area contributed by atoms with E-state index < -0.39 is 0 Å². The van der Waals surface area contributed by atoms with E-state index in [0.29, 0.717) is 5.65 Å². The van der Waals surface area contributed by atoms with Gasteiger partial charge in [0, 0.05) is 36.9 Å². The maximum atomic E-state index is 13.2. The van der Waals surface area contributed by atoms with E-state index in [0.717, 1.165) is 68.1 Å². The lowest BCUT2D eigenvalue weighted by molar-refractivity contribution is -0.123. The number of carbonyl (C=O) groups is 1. The number of nitrogens with two attached hydrogens (primary N) is 1. The molecule has 2 aliphatic rings. The van der Waals surface area contributed by atoms with Gasteiger partial charge in [0.05, 0.1) is 0 Å². The number of hydrogen-bond donors (Lipinski definition) is 1. The molecule has 0 saturated carbocycles. The van der Waals surface area contributed by atoms with Gasteiger partial charge in [-0.3, -0.25) is 4.79 Å². The van der Waals surface area contributed by atoms with Gasteiger partial charge in [0.25, 0.3) is 0 Å². The second-order valence-electron chi connectivity index (χ2n) is 7.42. The Bertz CT molecular complexity index is 1030. The summed E-state index contributed by atoms with van der Waals surface area (Å²) < 4.78 is 1.43. The molecule has 1 fully saturated rings. The minimum absolute atomic E-state index is 0. The third kappa shape index (κ3) is 3.46. The topological polar surface area (TPSA) is 106 Å². The Labute approximate surface area is 174 Å². The highest BCUT2D eigenvalue weighted by Gasteiger charge is 2.32. The lowest BCUT2D eigenvalue weighted by Crippen LogP contribution is -2.44. The Morgan fingerprint density at radius 2 is 1.93 bits per heavy atom. The third-order valence-corrected chi connectivity index (χ3v) is 5.78. The fourth-order valence-electron chi connectivity index (χ4n) is 4.27. The van der Waals surface area contributed by atoms with E-state index in [1.54, 1.807) is 0 Å². The molecule has 1 amide bonds. The molecule has 9 nitrogen and oxygen atoms in total. The number of hydrogen-bond acceptors (Lipinski definition) is 7. The quantitative estimate of drug-likeness (QED) is 0.636. The zero-order valence-corrected chi connectivity index (χ0v) is 16.8. The molecule has 4 heterocycles. The van der Waals surface area contributed by atoms with Crippen LogP contribution in [-0.2, 0) is 11.2 Å². The van der Waals surface area contributed by atoms with Crippen molar-refractivity contribution in [1.82, 2.24) is 25.3 Å². The van der Waals surface area contributed by atoms with E-state index in [1.165, 1.54) is 4.63 Å². The van der Waals surface area contributed by atoms with Crippen molar-refractivity contribution < 1.29 is 4.79 Å². The molecule has 152 valence electrons. The average molecular weight is 415 g/mol. The second-order valence-corrected chi connectivity index (χ2v) is 7.42. The number of tetrazole rings is 1. The highest BCUT2D eigenvalue weighted by molar-refractivity contribution is 5.97. The number of halogens is 1. The minimum atomic E-state index is 0. The molecule has 0 spiro atoms. The normalized spacial score (nSPS) is 17.1. The second kappa shape index (κ2) is 7.82. The largest absolute Gasteiger partial charge is 0.398 e. The summed E-state index contributed by atoms with van der Waals surface area (Å²) >= 11 is 0. The van der Waals surface area contributed by atoms with Gasteiger partial charge in [0.2, 0.25) is 5.91 Å². The van der Waals surface area contributed by atoms with Gasteiger partial charge in [-0.05, 0) is 65.9 Å². The number of anilines is 3. The zero-order chi connectivity index (χ0) is 19.1. The van der Waals surface area contributed by atoms with Gasteiger partial charge in [0.15, 0.2) is 11.5 Å². The number of rotatable bonds is 2. The predicted molar refractivity (Wildman–Crippen MR) is 112 cm³/mol. The number of nitrogen functional groups attached to an aromatic ring is 1. The van der Waals surface area contributed by atoms with Crippen molar-refractivity contribution in [2.75, 3.05) is 35.2 Å². The SMILES string of the molecule is Cl.Nc1cccc2c1CCCN2C(=O)C1CCN(c2ccc3nnnn3n2)CC1. The summed E-state index contributed by atoms with van der Waals surface area (Å²) in [6.45, 7) is 2.34. The molecular formula is C19H23ClN8O. The first-order valence-electron chi connectivity index (χ1n) is 9.70. The van der Waals surface area contributed by atoms with E-state index in [-0.39, 0.29) is 24.2 Å². The van der Waals surface area contributed by atoms with Crippen molar-refractivity contribution in [2.24, 2.45) is 5.92 Å². The smallest absolute Gasteiger partial charge is 0.230 e. The van der Waals surface area contributed by atoms with Crippen molar-refractivity contribution in [2.45, 2.75) is 25.7 Å². The van der Waals surface area contributed by atoms with Gasteiger partial charge < -0.3 is 15.5 Å². The molecule has 1 aromatic carbocycles.